The Bertz CT molecular complexity index is 953. The summed E-state index contributed by atoms with van der Waals surface area (Å²) < 4.78 is 1.64. The number of amides is 1. The Morgan fingerprint density at radius 1 is 1.17 bits per heavy atom. The molecular formula is C24H31N3O2. The molecule has 1 fully saturated rings. The minimum atomic E-state index is -0.425. The molecule has 1 aromatic carbocycles. The number of aryl methyl sites for hydroxylation is 1. The highest BCUT2D eigenvalue weighted by molar-refractivity contribution is 5.89. The summed E-state index contributed by atoms with van der Waals surface area (Å²) in [6, 6.07) is 8.67. The number of nitrogens with zero attached hydrogens (tertiary/aromatic N) is 3. The van der Waals surface area contributed by atoms with Gasteiger partial charge in [0.15, 0.2) is 0 Å². The molecule has 1 saturated carbocycles. The zero-order chi connectivity index (χ0) is 20.6. The maximum absolute atomic E-state index is 13.8. The van der Waals surface area contributed by atoms with E-state index in [0.717, 1.165) is 42.5 Å². The molecule has 0 unspecified atom stereocenters. The summed E-state index contributed by atoms with van der Waals surface area (Å²) in [6.07, 6.45) is 6.19. The first-order chi connectivity index (χ1) is 14.0. The van der Waals surface area contributed by atoms with Crippen LogP contribution in [0.25, 0.3) is 0 Å². The van der Waals surface area contributed by atoms with Crippen LogP contribution in [-0.4, -0.2) is 26.9 Å². The Hall–Kier alpha value is -2.43. The fraction of sp³-hybridized carbons (Fsp3) is 0.542. The van der Waals surface area contributed by atoms with Crippen LogP contribution in [0.3, 0.4) is 0 Å². The Kier molecular flexibility index (Phi) is 5.32. The third kappa shape index (κ3) is 3.41. The molecule has 2 heterocycles. The minimum absolute atomic E-state index is 0.0458. The number of rotatable bonds is 4. The zero-order valence-electron chi connectivity index (χ0n) is 17.8. The van der Waals surface area contributed by atoms with E-state index in [9.17, 15) is 9.59 Å². The van der Waals surface area contributed by atoms with Crippen molar-refractivity contribution in [3.8, 4) is 0 Å². The fourth-order valence-electron chi connectivity index (χ4n) is 4.95. The van der Waals surface area contributed by atoms with Gasteiger partial charge in [-0.3, -0.25) is 14.2 Å². The van der Waals surface area contributed by atoms with Crippen LogP contribution < -0.4 is 5.56 Å². The third-order valence-corrected chi connectivity index (χ3v) is 6.82. The van der Waals surface area contributed by atoms with Gasteiger partial charge in [0.05, 0.1) is 24.0 Å². The first-order valence-corrected chi connectivity index (χ1v) is 10.9. The molecule has 2 aromatic rings. The molecule has 0 spiro atoms. The molecule has 5 heteroatoms. The molecule has 29 heavy (non-hydrogen) atoms. The van der Waals surface area contributed by atoms with E-state index in [1.54, 1.807) is 10.9 Å². The molecule has 2 aliphatic rings. The summed E-state index contributed by atoms with van der Waals surface area (Å²) in [7, 11) is 0. The second-order valence-corrected chi connectivity index (χ2v) is 8.80. The third-order valence-electron chi connectivity index (χ3n) is 6.82. The summed E-state index contributed by atoms with van der Waals surface area (Å²) in [5, 5.41) is 0. The van der Waals surface area contributed by atoms with Crippen molar-refractivity contribution in [2.24, 2.45) is 0 Å². The summed E-state index contributed by atoms with van der Waals surface area (Å²) in [6.45, 7) is 7.99. The van der Waals surface area contributed by atoms with Gasteiger partial charge < -0.3 is 4.90 Å². The fourth-order valence-corrected chi connectivity index (χ4v) is 4.95. The van der Waals surface area contributed by atoms with E-state index in [2.05, 4.69) is 43.1 Å². The van der Waals surface area contributed by atoms with Gasteiger partial charge in [0.1, 0.15) is 0 Å². The highest BCUT2D eigenvalue weighted by Gasteiger charge is 2.45. The van der Waals surface area contributed by atoms with E-state index in [0.29, 0.717) is 32.0 Å². The van der Waals surface area contributed by atoms with E-state index in [-0.39, 0.29) is 11.5 Å². The van der Waals surface area contributed by atoms with Crippen molar-refractivity contribution in [1.82, 2.24) is 14.5 Å². The van der Waals surface area contributed by atoms with E-state index < -0.39 is 5.41 Å². The van der Waals surface area contributed by atoms with Crippen LogP contribution in [-0.2, 0) is 29.7 Å². The van der Waals surface area contributed by atoms with E-state index >= 15 is 0 Å². The highest BCUT2D eigenvalue weighted by Crippen LogP contribution is 2.43. The van der Waals surface area contributed by atoms with Gasteiger partial charge >= 0.3 is 0 Å². The van der Waals surface area contributed by atoms with Crippen LogP contribution in [0.1, 0.15) is 74.8 Å². The van der Waals surface area contributed by atoms with Crippen molar-refractivity contribution < 1.29 is 4.79 Å². The largest absolute Gasteiger partial charge is 0.336 e. The number of carbonyl (C=O) groups excluding carboxylic acids is 1. The average Bonchev–Trinajstić information content (AvgIpc) is 3.24. The molecular weight excluding hydrogens is 362 g/mol. The van der Waals surface area contributed by atoms with E-state index in [1.807, 2.05) is 11.8 Å². The van der Waals surface area contributed by atoms with Gasteiger partial charge in [-0.1, -0.05) is 51.0 Å². The normalized spacial score (nSPS) is 18.1. The number of hydrogen-bond acceptors (Lipinski definition) is 3. The lowest BCUT2D eigenvalue weighted by Crippen LogP contribution is -2.48. The van der Waals surface area contributed by atoms with Crippen molar-refractivity contribution >= 4 is 5.91 Å². The predicted molar refractivity (Wildman–Crippen MR) is 114 cm³/mol. The Labute approximate surface area is 172 Å². The SMILES string of the molecule is CCn1cnc2c(c1=O)CCN(C(=O)C1(c3ccc(C(C)C)cc3)CCCC1)C2. The van der Waals surface area contributed by atoms with Crippen LogP contribution >= 0.6 is 0 Å². The molecule has 154 valence electrons. The average molecular weight is 394 g/mol. The minimum Gasteiger partial charge on any atom is -0.336 e. The predicted octanol–water partition coefficient (Wildman–Crippen LogP) is 3.78. The molecule has 0 bridgehead atoms. The van der Waals surface area contributed by atoms with Crippen molar-refractivity contribution in [2.45, 2.75) is 77.3 Å². The molecule has 0 saturated heterocycles. The van der Waals surface area contributed by atoms with Gasteiger partial charge in [-0.25, -0.2) is 4.98 Å². The van der Waals surface area contributed by atoms with Gasteiger partial charge in [-0.2, -0.15) is 0 Å². The van der Waals surface area contributed by atoms with E-state index in [4.69, 9.17) is 0 Å². The van der Waals surface area contributed by atoms with E-state index in [1.165, 1.54) is 5.56 Å². The topological polar surface area (TPSA) is 55.2 Å². The lowest BCUT2D eigenvalue weighted by molar-refractivity contribution is -0.138. The lowest BCUT2D eigenvalue weighted by atomic mass is 9.76. The second kappa shape index (κ2) is 7.77. The molecule has 1 aliphatic carbocycles. The molecule has 5 nitrogen and oxygen atoms in total. The Balaban J connectivity index is 1.63. The molecule has 0 atom stereocenters. The number of aromatic nitrogens is 2. The van der Waals surface area contributed by atoms with Crippen molar-refractivity contribution in [3.63, 3.8) is 0 Å². The maximum atomic E-state index is 13.8. The van der Waals surface area contributed by atoms with Crippen LogP contribution in [0.4, 0.5) is 0 Å². The lowest BCUT2D eigenvalue weighted by Gasteiger charge is -2.37. The number of hydrogen-bond donors (Lipinski definition) is 0. The summed E-state index contributed by atoms with van der Waals surface area (Å²) >= 11 is 0. The van der Waals surface area contributed by atoms with Gasteiger partial charge in [-0.05, 0) is 43.2 Å². The first kappa shape index (κ1) is 19.9. The number of benzene rings is 1. The molecule has 1 aliphatic heterocycles. The monoisotopic (exact) mass is 393 g/mol. The molecule has 0 N–H and O–H groups in total. The molecule has 4 rings (SSSR count). The standard InChI is InChI=1S/C24H31N3O2/c1-4-26-16-25-21-15-27(14-11-20(21)22(26)28)23(29)24(12-5-6-13-24)19-9-7-18(8-10-19)17(2)3/h7-10,16-17H,4-6,11-15H2,1-3H3. The summed E-state index contributed by atoms with van der Waals surface area (Å²) in [5.74, 6) is 0.690. The molecule has 0 radical (unpaired) electrons. The van der Waals surface area contributed by atoms with Crippen molar-refractivity contribution in [3.05, 3.63) is 63.3 Å². The maximum Gasteiger partial charge on any atom is 0.256 e. The number of fused-ring (bicyclic) bond motifs is 1. The smallest absolute Gasteiger partial charge is 0.256 e. The van der Waals surface area contributed by atoms with Gasteiger partial charge in [0.2, 0.25) is 5.91 Å². The van der Waals surface area contributed by atoms with Crippen molar-refractivity contribution in [2.75, 3.05) is 6.54 Å². The van der Waals surface area contributed by atoms with Crippen LogP contribution in [0.5, 0.6) is 0 Å². The van der Waals surface area contributed by atoms with Crippen LogP contribution in [0.15, 0.2) is 35.4 Å². The van der Waals surface area contributed by atoms with Gasteiger partial charge in [-0.15, -0.1) is 0 Å². The second-order valence-electron chi connectivity index (χ2n) is 8.80. The Morgan fingerprint density at radius 2 is 1.86 bits per heavy atom. The van der Waals surface area contributed by atoms with Gasteiger partial charge in [0, 0.05) is 18.7 Å². The number of carbonyl (C=O) groups is 1. The van der Waals surface area contributed by atoms with Gasteiger partial charge in [0.25, 0.3) is 5.56 Å². The zero-order valence-corrected chi connectivity index (χ0v) is 17.8. The summed E-state index contributed by atoms with van der Waals surface area (Å²) in [4.78, 5) is 32.8. The van der Waals surface area contributed by atoms with Crippen LogP contribution in [0.2, 0.25) is 0 Å². The summed E-state index contributed by atoms with van der Waals surface area (Å²) in [5.41, 5.74) is 3.61. The van der Waals surface area contributed by atoms with Crippen molar-refractivity contribution in [1.29, 1.82) is 0 Å². The first-order valence-electron chi connectivity index (χ1n) is 10.9. The quantitative estimate of drug-likeness (QED) is 0.794. The van der Waals surface area contributed by atoms with Crippen LogP contribution in [0, 0.1) is 0 Å². The highest BCUT2D eigenvalue weighted by atomic mass is 16.2. The molecule has 1 aromatic heterocycles. The molecule has 1 amide bonds. The Morgan fingerprint density at radius 3 is 2.48 bits per heavy atom.